The lowest BCUT2D eigenvalue weighted by Gasteiger charge is -2.18. The molecule has 0 bridgehead atoms. The molecule has 0 heterocycles. The van der Waals surface area contributed by atoms with E-state index in [0.717, 1.165) is 19.4 Å². The number of carbonyl (C=O) groups is 1. The SMILES string of the molecule is CC1=C(C)Cc2ccccc2C1.CCNC(C)=O. The highest BCUT2D eigenvalue weighted by Crippen LogP contribution is 2.24. The quantitative estimate of drug-likeness (QED) is 0.756. The van der Waals surface area contributed by atoms with Crippen molar-refractivity contribution in [1.82, 2.24) is 5.32 Å². The molecule has 0 saturated heterocycles. The van der Waals surface area contributed by atoms with E-state index < -0.39 is 0 Å². The molecule has 18 heavy (non-hydrogen) atoms. The van der Waals surface area contributed by atoms with E-state index in [1.54, 1.807) is 11.1 Å². The van der Waals surface area contributed by atoms with Crippen molar-refractivity contribution in [1.29, 1.82) is 0 Å². The highest BCUT2D eigenvalue weighted by Gasteiger charge is 2.10. The summed E-state index contributed by atoms with van der Waals surface area (Å²) in [6.07, 6.45) is 2.31. The molecule has 1 amide bonds. The number of nitrogens with one attached hydrogen (secondary N) is 1. The predicted molar refractivity (Wildman–Crippen MR) is 76.6 cm³/mol. The van der Waals surface area contributed by atoms with Crippen molar-refractivity contribution in [3.8, 4) is 0 Å². The van der Waals surface area contributed by atoms with E-state index in [4.69, 9.17) is 0 Å². The molecule has 1 aromatic carbocycles. The molecule has 0 aliphatic heterocycles. The number of hydrogen-bond acceptors (Lipinski definition) is 1. The number of carbonyl (C=O) groups excluding carboxylic acids is 1. The Morgan fingerprint density at radius 1 is 1.11 bits per heavy atom. The normalized spacial score (nSPS) is 13.3. The van der Waals surface area contributed by atoms with Crippen LogP contribution in [0.2, 0.25) is 0 Å². The first-order valence-corrected chi connectivity index (χ1v) is 6.51. The summed E-state index contributed by atoms with van der Waals surface area (Å²) in [7, 11) is 0. The number of benzene rings is 1. The second-order valence-electron chi connectivity index (χ2n) is 4.77. The van der Waals surface area contributed by atoms with E-state index in [1.165, 1.54) is 18.1 Å². The summed E-state index contributed by atoms with van der Waals surface area (Å²) in [4.78, 5) is 9.93. The van der Waals surface area contributed by atoms with E-state index in [9.17, 15) is 4.79 Å². The fraction of sp³-hybridized carbons (Fsp3) is 0.438. The van der Waals surface area contributed by atoms with Crippen LogP contribution in [0.15, 0.2) is 35.4 Å². The first kappa shape index (κ1) is 14.5. The Labute approximate surface area is 110 Å². The summed E-state index contributed by atoms with van der Waals surface area (Å²) in [5.74, 6) is 0.0394. The molecule has 98 valence electrons. The molecule has 1 aromatic rings. The zero-order valence-corrected chi connectivity index (χ0v) is 11.8. The topological polar surface area (TPSA) is 29.1 Å². The van der Waals surface area contributed by atoms with Gasteiger partial charge in [0.05, 0.1) is 0 Å². The third-order valence-electron chi connectivity index (χ3n) is 3.18. The van der Waals surface area contributed by atoms with Gasteiger partial charge in [0.2, 0.25) is 5.91 Å². The number of fused-ring (bicyclic) bond motifs is 1. The molecule has 1 aliphatic rings. The maximum Gasteiger partial charge on any atom is 0.216 e. The minimum atomic E-state index is 0.0394. The number of rotatable bonds is 1. The van der Waals surface area contributed by atoms with Crippen molar-refractivity contribution in [3.05, 3.63) is 46.5 Å². The van der Waals surface area contributed by atoms with Gasteiger partial charge in [-0.15, -0.1) is 0 Å². The predicted octanol–water partition coefficient (Wildman–Crippen LogP) is 3.26. The third kappa shape index (κ3) is 4.36. The Morgan fingerprint density at radius 2 is 1.56 bits per heavy atom. The molecule has 1 aliphatic carbocycles. The van der Waals surface area contributed by atoms with Crippen LogP contribution >= 0.6 is 0 Å². The zero-order valence-electron chi connectivity index (χ0n) is 11.8. The van der Waals surface area contributed by atoms with E-state index >= 15 is 0 Å². The van der Waals surface area contributed by atoms with Gasteiger partial charge in [0, 0.05) is 13.5 Å². The average Bonchev–Trinajstić information content (AvgIpc) is 2.31. The Hall–Kier alpha value is -1.57. The molecule has 0 spiro atoms. The maximum absolute atomic E-state index is 9.93. The van der Waals surface area contributed by atoms with Gasteiger partial charge in [-0.25, -0.2) is 0 Å². The second kappa shape index (κ2) is 7.00. The van der Waals surface area contributed by atoms with E-state index in [1.807, 2.05) is 6.92 Å². The molecule has 2 rings (SSSR count). The molecule has 0 saturated carbocycles. The molecule has 0 atom stereocenters. The fourth-order valence-electron chi connectivity index (χ4n) is 2.02. The zero-order chi connectivity index (χ0) is 13.5. The van der Waals surface area contributed by atoms with Crippen LogP contribution in [0, 0.1) is 0 Å². The summed E-state index contributed by atoms with van der Waals surface area (Å²) >= 11 is 0. The fourth-order valence-corrected chi connectivity index (χ4v) is 2.02. The van der Waals surface area contributed by atoms with Gasteiger partial charge in [0.1, 0.15) is 0 Å². The van der Waals surface area contributed by atoms with Crippen LogP contribution in [0.5, 0.6) is 0 Å². The van der Waals surface area contributed by atoms with Crippen molar-refractivity contribution in [2.75, 3.05) is 6.54 Å². The highest BCUT2D eigenvalue weighted by molar-refractivity contribution is 5.72. The first-order valence-electron chi connectivity index (χ1n) is 6.51. The van der Waals surface area contributed by atoms with Gasteiger partial charge in [-0.2, -0.15) is 0 Å². The van der Waals surface area contributed by atoms with E-state index in [0.29, 0.717) is 0 Å². The molecule has 2 heteroatoms. The average molecular weight is 245 g/mol. The third-order valence-corrected chi connectivity index (χ3v) is 3.18. The molecule has 1 N–H and O–H groups in total. The molecule has 0 aromatic heterocycles. The van der Waals surface area contributed by atoms with Crippen LogP contribution in [0.4, 0.5) is 0 Å². The van der Waals surface area contributed by atoms with Crippen molar-refractivity contribution in [2.45, 2.75) is 40.5 Å². The molecular formula is C16H23NO. The molecule has 0 fully saturated rings. The Bertz CT molecular complexity index is 413. The summed E-state index contributed by atoms with van der Waals surface area (Å²) in [5, 5.41) is 2.57. The van der Waals surface area contributed by atoms with Crippen molar-refractivity contribution in [2.24, 2.45) is 0 Å². The number of allylic oxidation sites excluding steroid dienone is 2. The highest BCUT2D eigenvalue weighted by atomic mass is 16.1. The largest absolute Gasteiger partial charge is 0.357 e. The summed E-state index contributed by atoms with van der Waals surface area (Å²) in [6.45, 7) is 8.61. The lowest BCUT2D eigenvalue weighted by molar-refractivity contribution is -0.118. The lowest BCUT2D eigenvalue weighted by Crippen LogP contribution is -2.18. The van der Waals surface area contributed by atoms with Gasteiger partial charge >= 0.3 is 0 Å². The van der Waals surface area contributed by atoms with Crippen LogP contribution in [0.3, 0.4) is 0 Å². The first-order chi connectivity index (χ1) is 8.54. The monoisotopic (exact) mass is 245 g/mol. The van der Waals surface area contributed by atoms with Gasteiger partial charge < -0.3 is 5.32 Å². The van der Waals surface area contributed by atoms with Crippen LogP contribution in [0.25, 0.3) is 0 Å². The smallest absolute Gasteiger partial charge is 0.216 e. The lowest BCUT2D eigenvalue weighted by atomic mass is 9.88. The van der Waals surface area contributed by atoms with Crippen LogP contribution in [-0.2, 0) is 17.6 Å². The van der Waals surface area contributed by atoms with Gasteiger partial charge in [-0.3, -0.25) is 4.79 Å². The second-order valence-corrected chi connectivity index (χ2v) is 4.77. The Balaban J connectivity index is 0.000000232. The van der Waals surface area contributed by atoms with Gasteiger partial charge in [0.25, 0.3) is 0 Å². The molecule has 0 radical (unpaired) electrons. The summed E-state index contributed by atoms with van der Waals surface area (Å²) in [5.41, 5.74) is 6.13. The Morgan fingerprint density at radius 3 is 1.83 bits per heavy atom. The standard InChI is InChI=1S/C12H14.C4H9NO/c1-9-7-11-5-3-4-6-12(11)8-10(9)2;1-3-5-4(2)6/h3-6H,7-8H2,1-2H3;3H2,1-2H3,(H,5,6). The van der Waals surface area contributed by atoms with Gasteiger partial charge in [-0.05, 0) is 44.7 Å². The number of hydrogen-bond donors (Lipinski definition) is 1. The number of amides is 1. The van der Waals surface area contributed by atoms with Crippen molar-refractivity contribution >= 4 is 5.91 Å². The minimum Gasteiger partial charge on any atom is -0.357 e. The van der Waals surface area contributed by atoms with Crippen molar-refractivity contribution < 1.29 is 4.79 Å². The van der Waals surface area contributed by atoms with Crippen LogP contribution < -0.4 is 5.32 Å². The van der Waals surface area contributed by atoms with E-state index in [2.05, 4.69) is 43.4 Å². The summed E-state index contributed by atoms with van der Waals surface area (Å²) in [6, 6.07) is 8.75. The van der Waals surface area contributed by atoms with Crippen LogP contribution in [-0.4, -0.2) is 12.5 Å². The Kier molecular flexibility index (Phi) is 5.63. The van der Waals surface area contributed by atoms with Crippen LogP contribution in [0.1, 0.15) is 38.8 Å². The van der Waals surface area contributed by atoms with Gasteiger partial charge in [-0.1, -0.05) is 35.4 Å². The summed E-state index contributed by atoms with van der Waals surface area (Å²) < 4.78 is 0. The minimum absolute atomic E-state index is 0.0394. The maximum atomic E-state index is 9.93. The van der Waals surface area contributed by atoms with E-state index in [-0.39, 0.29) is 5.91 Å². The molecular weight excluding hydrogens is 222 g/mol. The van der Waals surface area contributed by atoms with Gasteiger partial charge in [0.15, 0.2) is 0 Å². The molecule has 2 nitrogen and oxygen atoms in total. The molecule has 0 unspecified atom stereocenters. The van der Waals surface area contributed by atoms with Crippen molar-refractivity contribution in [3.63, 3.8) is 0 Å².